The molecule has 0 saturated carbocycles. The third kappa shape index (κ3) is 4.58. The average Bonchev–Trinajstić information content (AvgIpc) is 2.32. The van der Waals surface area contributed by atoms with Gasteiger partial charge in [-0.05, 0) is 43.6 Å². The fourth-order valence-electron chi connectivity index (χ4n) is 1.90. The smallest absolute Gasteiger partial charge is 0.146 e. The van der Waals surface area contributed by atoms with E-state index in [4.69, 9.17) is 0 Å². The molecular weight excluding hydrogens is 233 g/mol. The Kier molecular flexibility index (Phi) is 6.41. The lowest BCUT2D eigenvalue weighted by Crippen LogP contribution is -2.26. The zero-order valence-corrected chi connectivity index (χ0v) is 11.6. The largest absolute Gasteiger partial charge is 0.369 e. The monoisotopic (exact) mass is 255 g/mol. The van der Waals surface area contributed by atoms with Crippen LogP contribution in [0.2, 0.25) is 0 Å². The standard InChI is InChI=1S/C14H22FNS/c1-3-16(10-8-12(2)9-11-17)14-7-5-4-6-13(14)15/h4-7,12,17H,3,8-11H2,1-2H3. The van der Waals surface area contributed by atoms with Crippen LogP contribution in [0.25, 0.3) is 0 Å². The highest BCUT2D eigenvalue weighted by atomic mass is 32.1. The van der Waals surface area contributed by atoms with Gasteiger partial charge in [0.2, 0.25) is 0 Å². The number of anilines is 1. The maximum Gasteiger partial charge on any atom is 0.146 e. The molecular formula is C14H22FNS. The van der Waals surface area contributed by atoms with E-state index >= 15 is 0 Å². The lowest BCUT2D eigenvalue weighted by Gasteiger charge is -2.25. The minimum Gasteiger partial charge on any atom is -0.369 e. The molecule has 0 amide bonds. The van der Waals surface area contributed by atoms with Gasteiger partial charge in [0.15, 0.2) is 0 Å². The van der Waals surface area contributed by atoms with Gasteiger partial charge in [0.05, 0.1) is 5.69 Å². The van der Waals surface area contributed by atoms with E-state index < -0.39 is 0 Å². The fourth-order valence-corrected chi connectivity index (χ4v) is 2.34. The molecule has 1 atom stereocenters. The molecule has 0 aromatic heterocycles. The molecule has 0 radical (unpaired) electrons. The van der Waals surface area contributed by atoms with Gasteiger partial charge in [0, 0.05) is 13.1 Å². The van der Waals surface area contributed by atoms with E-state index in [2.05, 4.69) is 31.4 Å². The molecule has 0 aliphatic carbocycles. The lowest BCUT2D eigenvalue weighted by molar-refractivity contribution is 0.513. The Morgan fingerprint density at radius 3 is 2.59 bits per heavy atom. The van der Waals surface area contributed by atoms with E-state index in [0.29, 0.717) is 11.6 Å². The van der Waals surface area contributed by atoms with Crippen molar-refractivity contribution in [2.45, 2.75) is 26.7 Å². The molecule has 0 aliphatic heterocycles. The number of halogens is 1. The number of benzene rings is 1. The lowest BCUT2D eigenvalue weighted by atomic mass is 10.0. The van der Waals surface area contributed by atoms with Crippen LogP contribution in [0.1, 0.15) is 26.7 Å². The van der Waals surface area contributed by atoms with Crippen molar-refractivity contribution in [3.05, 3.63) is 30.1 Å². The summed E-state index contributed by atoms with van der Waals surface area (Å²) in [5.74, 6) is 1.44. The number of hydrogen-bond acceptors (Lipinski definition) is 2. The number of rotatable bonds is 7. The van der Waals surface area contributed by atoms with Crippen LogP contribution < -0.4 is 4.90 Å². The van der Waals surface area contributed by atoms with Crippen molar-refractivity contribution in [1.29, 1.82) is 0 Å². The molecule has 96 valence electrons. The van der Waals surface area contributed by atoms with Crippen LogP contribution in [0, 0.1) is 11.7 Å². The summed E-state index contributed by atoms with van der Waals surface area (Å²) in [4.78, 5) is 2.10. The molecule has 0 fully saturated rings. The molecule has 1 unspecified atom stereocenters. The summed E-state index contributed by atoms with van der Waals surface area (Å²) in [5, 5.41) is 0. The minimum atomic E-state index is -0.129. The first kappa shape index (κ1) is 14.4. The third-order valence-electron chi connectivity index (χ3n) is 3.09. The Bertz CT molecular complexity index is 330. The van der Waals surface area contributed by atoms with Gasteiger partial charge in [0.25, 0.3) is 0 Å². The van der Waals surface area contributed by atoms with Crippen LogP contribution in [0.4, 0.5) is 10.1 Å². The second kappa shape index (κ2) is 7.59. The topological polar surface area (TPSA) is 3.24 Å². The fraction of sp³-hybridized carbons (Fsp3) is 0.571. The summed E-state index contributed by atoms with van der Waals surface area (Å²) >= 11 is 4.24. The van der Waals surface area contributed by atoms with E-state index in [1.165, 1.54) is 6.07 Å². The number of thiol groups is 1. The third-order valence-corrected chi connectivity index (χ3v) is 3.35. The van der Waals surface area contributed by atoms with Gasteiger partial charge in [-0.2, -0.15) is 12.6 Å². The van der Waals surface area contributed by atoms with Crippen molar-refractivity contribution in [2.75, 3.05) is 23.7 Å². The van der Waals surface area contributed by atoms with Gasteiger partial charge in [0.1, 0.15) is 5.82 Å². The Labute approximate surface area is 109 Å². The van der Waals surface area contributed by atoms with Crippen LogP contribution in [0.5, 0.6) is 0 Å². The molecule has 1 nitrogen and oxygen atoms in total. The molecule has 0 N–H and O–H groups in total. The summed E-state index contributed by atoms with van der Waals surface area (Å²) in [7, 11) is 0. The van der Waals surface area contributed by atoms with Crippen LogP contribution >= 0.6 is 12.6 Å². The van der Waals surface area contributed by atoms with Crippen molar-refractivity contribution in [3.63, 3.8) is 0 Å². The Hall–Kier alpha value is -0.700. The molecule has 1 aromatic carbocycles. The highest BCUT2D eigenvalue weighted by Crippen LogP contribution is 2.20. The van der Waals surface area contributed by atoms with Crippen molar-refractivity contribution < 1.29 is 4.39 Å². The molecule has 0 aliphatic rings. The summed E-state index contributed by atoms with van der Waals surface area (Å²) in [6.45, 7) is 6.04. The first-order valence-electron chi connectivity index (χ1n) is 6.29. The van der Waals surface area contributed by atoms with Crippen molar-refractivity contribution >= 4 is 18.3 Å². The normalized spacial score (nSPS) is 12.5. The molecule has 1 aromatic rings. The van der Waals surface area contributed by atoms with Gasteiger partial charge in [-0.25, -0.2) is 4.39 Å². The van der Waals surface area contributed by atoms with Gasteiger partial charge >= 0.3 is 0 Å². The predicted molar refractivity (Wildman–Crippen MR) is 76.5 cm³/mol. The average molecular weight is 255 g/mol. The highest BCUT2D eigenvalue weighted by Gasteiger charge is 2.10. The SMILES string of the molecule is CCN(CCC(C)CCS)c1ccccc1F. The van der Waals surface area contributed by atoms with E-state index in [0.717, 1.165) is 31.7 Å². The Balaban J connectivity index is 2.57. The van der Waals surface area contributed by atoms with Crippen LogP contribution in [-0.2, 0) is 0 Å². The first-order chi connectivity index (χ1) is 8.19. The molecule has 0 saturated heterocycles. The summed E-state index contributed by atoms with van der Waals surface area (Å²) in [6, 6.07) is 6.99. The van der Waals surface area contributed by atoms with Crippen molar-refractivity contribution in [2.24, 2.45) is 5.92 Å². The maximum absolute atomic E-state index is 13.6. The number of nitrogens with zero attached hydrogens (tertiary/aromatic N) is 1. The zero-order chi connectivity index (χ0) is 12.7. The maximum atomic E-state index is 13.6. The quantitative estimate of drug-likeness (QED) is 0.721. The number of para-hydroxylation sites is 1. The van der Waals surface area contributed by atoms with Gasteiger partial charge in [-0.15, -0.1) is 0 Å². The second-order valence-electron chi connectivity index (χ2n) is 4.44. The Morgan fingerprint density at radius 2 is 2.00 bits per heavy atom. The Morgan fingerprint density at radius 1 is 1.29 bits per heavy atom. The molecule has 0 bridgehead atoms. The molecule has 17 heavy (non-hydrogen) atoms. The summed E-state index contributed by atoms with van der Waals surface area (Å²) in [5.41, 5.74) is 0.716. The van der Waals surface area contributed by atoms with Crippen molar-refractivity contribution in [1.82, 2.24) is 0 Å². The van der Waals surface area contributed by atoms with Crippen LogP contribution in [0.15, 0.2) is 24.3 Å². The summed E-state index contributed by atoms with van der Waals surface area (Å²) in [6.07, 6.45) is 2.21. The second-order valence-corrected chi connectivity index (χ2v) is 4.88. The van der Waals surface area contributed by atoms with Crippen LogP contribution in [-0.4, -0.2) is 18.8 Å². The first-order valence-corrected chi connectivity index (χ1v) is 6.92. The number of hydrogen-bond donors (Lipinski definition) is 1. The minimum absolute atomic E-state index is 0.129. The van der Waals surface area contributed by atoms with E-state index in [1.54, 1.807) is 6.07 Å². The molecule has 0 heterocycles. The van der Waals surface area contributed by atoms with E-state index in [9.17, 15) is 4.39 Å². The summed E-state index contributed by atoms with van der Waals surface area (Å²) < 4.78 is 13.6. The van der Waals surface area contributed by atoms with Gasteiger partial charge < -0.3 is 4.90 Å². The van der Waals surface area contributed by atoms with E-state index in [1.807, 2.05) is 12.1 Å². The molecule has 0 spiro atoms. The predicted octanol–water partition coefficient (Wildman–Crippen LogP) is 4.00. The van der Waals surface area contributed by atoms with Crippen molar-refractivity contribution in [3.8, 4) is 0 Å². The van der Waals surface area contributed by atoms with E-state index in [-0.39, 0.29) is 5.82 Å². The zero-order valence-electron chi connectivity index (χ0n) is 10.7. The highest BCUT2D eigenvalue weighted by molar-refractivity contribution is 7.80. The molecule has 3 heteroatoms. The molecule has 1 rings (SSSR count). The van der Waals surface area contributed by atoms with Gasteiger partial charge in [-0.1, -0.05) is 19.1 Å². The van der Waals surface area contributed by atoms with Gasteiger partial charge in [-0.3, -0.25) is 0 Å². The van der Waals surface area contributed by atoms with Crippen LogP contribution in [0.3, 0.4) is 0 Å².